The van der Waals surface area contributed by atoms with Crippen molar-refractivity contribution in [2.45, 2.75) is 37.1 Å². The van der Waals surface area contributed by atoms with E-state index in [0.717, 1.165) is 50.9 Å². The lowest BCUT2D eigenvalue weighted by atomic mass is 10.1. The summed E-state index contributed by atoms with van der Waals surface area (Å²) in [7, 11) is -8.05. The van der Waals surface area contributed by atoms with Crippen LogP contribution >= 0.6 is 55.0 Å². The molecule has 0 saturated heterocycles. The molecule has 14 heteroatoms. The van der Waals surface area contributed by atoms with Crippen LogP contribution in [0.25, 0.3) is 27.4 Å². The third kappa shape index (κ3) is 8.69. The highest BCUT2D eigenvalue weighted by Gasteiger charge is 2.28. The monoisotopic (exact) mass is 787 g/mol. The maximum Gasteiger partial charge on any atom is 0.265 e. The predicted molar refractivity (Wildman–Crippen MR) is 182 cm³/mol. The zero-order valence-electron chi connectivity index (χ0n) is 22.8. The van der Waals surface area contributed by atoms with Crippen LogP contribution in [0.15, 0.2) is 79.5 Å². The van der Waals surface area contributed by atoms with Crippen molar-refractivity contribution in [3.63, 3.8) is 0 Å². The van der Waals surface area contributed by atoms with Gasteiger partial charge in [0.15, 0.2) is 6.54 Å². The fourth-order valence-corrected chi connectivity index (χ4v) is 8.92. The van der Waals surface area contributed by atoms with Gasteiger partial charge in [0.2, 0.25) is 5.52 Å². The highest BCUT2D eigenvalue weighted by Crippen LogP contribution is 2.48. The van der Waals surface area contributed by atoms with Gasteiger partial charge in [0.25, 0.3) is 25.2 Å². The van der Waals surface area contributed by atoms with E-state index in [0.29, 0.717) is 38.8 Å². The second kappa shape index (κ2) is 13.7. The van der Waals surface area contributed by atoms with Crippen LogP contribution in [0.5, 0.6) is 0 Å². The van der Waals surface area contributed by atoms with Crippen LogP contribution in [-0.4, -0.2) is 44.0 Å². The minimum Gasteiger partial charge on any atom is -0.335 e. The summed E-state index contributed by atoms with van der Waals surface area (Å²) in [6.07, 6.45) is 3.94. The average molecular weight is 790 g/mol. The van der Waals surface area contributed by atoms with Gasteiger partial charge in [0, 0.05) is 32.9 Å². The van der Waals surface area contributed by atoms with Gasteiger partial charge in [-0.05, 0) is 66.8 Å². The molecule has 8 nitrogen and oxygen atoms in total. The van der Waals surface area contributed by atoms with Gasteiger partial charge in [-0.15, -0.1) is 0 Å². The van der Waals surface area contributed by atoms with Crippen molar-refractivity contribution >= 4 is 97.2 Å². The molecule has 2 heterocycles. The third-order valence-corrected chi connectivity index (χ3v) is 11.8. The maximum absolute atomic E-state index is 11.3. The molecule has 0 atom stereocenters. The molecule has 1 aliphatic rings. The van der Waals surface area contributed by atoms with Crippen LogP contribution in [0.3, 0.4) is 0 Å². The van der Waals surface area contributed by atoms with E-state index < -0.39 is 20.2 Å². The first kappa shape index (κ1) is 32.6. The van der Waals surface area contributed by atoms with E-state index in [1.54, 1.807) is 23.1 Å². The summed E-state index contributed by atoms with van der Waals surface area (Å²) in [6.45, 7) is 1.14. The van der Waals surface area contributed by atoms with E-state index in [1.165, 1.54) is 0 Å². The van der Waals surface area contributed by atoms with E-state index in [2.05, 4.69) is 83.8 Å². The van der Waals surface area contributed by atoms with Crippen molar-refractivity contribution in [2.24, 2.45) is 0 Å². The highest BCUT2D eigenvalue weighted by molar-refractivity contribution is 9.10. The van der Waals surface area contributed by atoms with Crippen LogP contribution in [0, 0.1) is 0 Å². The van der Waals surface area contributed by atoms with Crippen molar-refractivity contribution < 1.29 is 30.5 Å². The molecule has 0 fully saturated rings. The number of hydrogen-bond donors (Lipinski definition) is 2. The largest absolute Gasteiger partial charge is 0.335 e. The first-order valence-corrected chi connectivity index (χ1v) is 19.9. The summed E-state index contributed by atoms with van der Waals surface area (Å²) >= 11 is 10.3. The Bertz CT molecular complexity index is 1890. The molecule has 0 aliphatic carbocycles. The summed E-state index contributed by atoms with van der Waals surface area (Å²) in [5.41, 5.74) is 4.21. The normalized spacial score (nSPS) is 14.6. The number of rotatable bonds is 12. The molecule has 1 aromatic heterocycles. The Morgan fingerprint density at radius 1 is 0.791 bits per heavy atom. The second-order valence-electron chi connectivity index (χ2n) is 10.1. The zero-order valence-corrected chi connectivity index (χ0v) is 29.3. The van der Waals surface area contributed by atoms with E-state index in [-0.39, 0.29) is 11.5 Å². The molecule has 0 amide bonds. The van der Waals surface area contributed by atoms with Gasteiger partial charge in [-0.1, -0.05) is 73.2 Å². The number of thiazole rings is 1. The van der Waals surface area contributed by atoms with E-state index >= 15 is 0 Å². The fourth-order valence-electron chi connectivity index (χ4n) is 4.89. The van der Waals surface area contributed by atoms with Crippen LogP contribution in [0.2, 0.25) is 0 Å². The Balaban J connectivity index is 1.52. The Hall–Kier alpha value is -1.78. The van der Waals surface area contributed by atoms with Gasteiger partial charge in [-0.2, -0.15) is 21.4 Å². The molecule has 4 aromatic rings. The summed E-state index contributed by atoms with van der Waals surface area (Å²) in [5.74, 6) is -0.563. The van der Waals surface area contributed by atoms with Gasteiger partial charge in [-0.3, -0.25) is 9.11 Å². The number of hydrogen-bond acceptors (Lipinski definition) is 7. The predicted octanol–water partition coefficient (Wildman–Crippen LogP) is 7.63. The molecule has 228 valence electrons. The number of anilines is 1. The number of fused-ring (bicyclic) bond motifs is 2. The number of benzene rings is 3. The average Bonchev–Trinajstić information content (AvgIpc) is 3.44. The number of thioether (sulfide) groups is 1. The van der Waals surface area contributed by atoms with Gasteiger partial charge in [0.05, 0.1) is 28.3 Å². The van der Waals surface area contributed by atoms with E-state index in [4.69, 9.17) is 0 Å². The van der Waals surface area contributed by atoms with Crippen molar-refractivity contribution in [1.29, 1.82) is 0 Å². The third-order valence-electron chi connectivity index (χ3n) is 6.92. The SMILES string of the molecule is O=S(=O)(O)CCCCN1C(=Cc2sc3ccc(-c4ccc(Br)cc4)cc3[n+]2CCCCS(=O)(=O)O)Sc2ccc(Br)cc21. The maximum atomic E-state index is 11.3. The first-order valence-electron chi connectivity index (χ1n) is 13.5. The van der Waals surface area contributed by atoms with E-state index in [1.807, 2.05) is 24.3 Å². The van der Waals surface area contributed by atoms with Crippen LogP contribution in [0.1, 0.15) is 30.7 Å². The molecule has 0 radical (unpaired) electrons. The number of aryl methyl sites for hydroxylation is 1. The van der Waals surface area contributed by atoms with Crippen molar-refractivity contribution in [3.8, 4) is 11.1 Å². The molecule has 2 N–H and O–H groups in total. The fraction of sp³-hybridized carbons (Fsp3) is 0.276. The van der Waals surface area contributed by atoms with Crippen LogP contribution < -0.4 is 9.47 Å². The minimum absolute atomic E-state index is 0.279. The summed E-state index contributed by atoms with van der Waals surface area (Å²) in [4.78, 5) is 3.26. The molecular formula is C29H29Br2N2O6S4+. The van der Waals surface area contributed by atoms with E-state index in [9.17, 15) is 25.9 Å². The topological polar surface area (TPSA) is 116 Å². The lowest BCUT2D eigenvalue weighted by molar-refractivity contribution is -0.669. The smallest absolute Gasteiger partial charge is 0.265 e. The molecule has 0 unspecified atom stereocenters. The molecule has 0 bridgehead atoms. The summed E-state index contributed by atoms with van der Waals surface area (Å²) in [6, 6.07) is 20.6. The Morgan fingerprint density at radius 2 is 1.44 bits per heavy atom. The molecule has 5 rings (SSSR count). The first-order chi connectivity index (χ1) is 20.4. The number of aromatic nitrogens is 1. The van der Waals surface area contributed by atoms with Crippen molar-refractivity contribution in [1.82, 2.24) is 0 Å². The Kier molecular flexibility index (Phi) is 10.4. The molecule has 0 spiro atoms. The number of nitrogens with zero attached hydrogens (tertiary/aromatic N) is 2. The van der Waals surface area contributed by atoms with Crippen molar-refractivity contribution in [2.75, 3.05) is 23.0 Å². The Morgan fingerprint density at radius 3 is 2.14 bits per heavy atom. The number of unbranched alkanes of at least 4 members (excludes halogenated alkanes) is 2. The number of halogens is 2. The zero-order chi connectivity index (χ0) is 30.8. The summed E-state index contributed by atoms with van der Waals surface area (Å²) < 4.78 is 68.8. The summed E-state index contributed by atoms with van der Waals surface area (Å²) in [5, 5.41) is 1.98. The molecule has 1 aliphatic heterocycles. The quantitative estimate of drug-likeness (QED) is 0.0856. The van der Waals surface area contributed by atoms with Gasteiger partial charge < -0.3 is 4.90 Å². The van der Waals surface area contributed by atoms with Crippen LogP contribution in [-0.2, 0) is 26.8 Å². The minimum atomic E-state index is -4.03. The highest BCUT2D eigenvalue weighted by atomic mass is 79.9. The lowest BCUT2D eigenvalue weighted by Gasteiger charge is -2.20. The van der Waals surface area contributed by atoms with Gasteiger partial charge in [0.1, 0.15) is 4.70 Å². The molecule has 0 saturated carbocycles. The van der Waals surface area contributed by atoms with Gasteiger partial charge >= 0.3 is 0 Å². The molecular weight excluding hydrogens is 760 g/mol. The van der Waals surface area contributed by atoms with Crippen LogP contribution in [0.4, 0.5) is 5.69 Å². The second-order valence-corrected chi connectivity index (χ2v) is 17.2. The lowest BCUT2D eigenvalue weighted by Crippen LogP contribution is -2.35. The van der Waals surface area contributed by atoms with Crippen molar-refractivity contribution in [3.05, 3.63) is 79.6 Å². The Labute approximate surface area is 276 Å². The molecule has 43 heavy (non-hydrogen) atoms. The van der Waals surface area contributed by atoms with Gasteiger partial charge in [-0.25, -0.2) is 0 Å². The standard InChI is InChI=1S/C29H28Br2N2O6S4/c30-22-8-5-20(6-9-22)21-7-11-26-24(17-21)32(13-1-3-15-42(34,35)36)28(40-26)19-29-33(14-2-4-16-43(37,38)39)25-18-23(31)10-12-27(25)41-29/h5-12,17-19H,1-4,13-16H2,(H-,34,35,36,37,38,39)/p+1. The molecule has 3 aromatic carbocycles.